The Morgan fingerprint density at radius 3 is 2.88 bits per heavy atom. The highest BCUT2D eigenvalue weighted by molar-refractivity contribution is 7.98. The molecule has 1 aliphatic carbocycles. The second-order valence-electron chi connectivity index (χ2n) is 6.19. The van der Waals surface area contributed by atoms with Gasteiger partial charge in [0.05, 0.1) is 12.7 Å². The average Bonchev–Trinajstić information content (AvgIpc) is 3.19. The summed E-state index contributed by atoms with van der Waals surface area (Å²) in [5, 5.41) is 4.05. The van der Waals surface area contributed by atoms with Crippen LogP contribution in [-0.4, -0.2) is 12.2 Å². The molecular weight excluding hydrogens is 318 g/mol. The molecule has 0 aliphatic heterocycles. The first-order chi connectivity index (χ1) is 11.7. The van der Waals surface area contributed by atoms with Crippen molar-refractivity contribution in [1.82, 2.24) is 0 Å². The molecule has 122 valence electrons. The number of fused-ring (bicyclic) bond motifs is 2. The second-order valence-corrected chi connectivity index (χ2v) is 7.07. The van der Waals surface area contributed by atoms with Crippen molar-refractivity contribution < 1.29 is 9.21 Å². The van der Waals surface area contributed by atoms with E-state index in [2.05, 4.69) is 17.4 Å². The summed E-state index contributed by atoms with van der Waals surface area (Å²) in [4.78, 5) is 13.5. The summed E-state index contributed by atoms with van der Waals surface area (Å²) in [7, 11) is 0. The minimum absolute atomic E-state index is 0.0172. The third-order valence-electron chi connectivity index (χ3n) is 4.57. The first-order valence-electron chi connectivity index (χ1n) is 8.19. The predicted molar refractivity (Wildman–Crippen MR) is 98.8 cm³/mol. The van der Waals surface area contributed by atoms with Gasteiger partial charge in [-0.15, -0.1) is 11.8 Å². The minimum atomic E-state index is -0.0172. The summed E-state index contributed by atoms with van der Waals surface area (Å²) in [6.07, 6.45) is 7.55. The standard InChI is InChI=1S/C20H19NO2S/c1-24-17-7-3-6-16(11-17)21-20(22)10-15-12-23-19-9-14-5-2-4-13(14)8-18(15)19/h3,6-9,11-12H,2,4-5,10H2,1H3,(H,21,22). The van der Waals surface area contributed by atoms with Crippen LogP contribution in [0.15, 0.2) is 52.0 Å². The van der Waals surface area contributed by atoms with Gasteiger partial charge in [-0.3, -0.25) is 4.79 Å². The van der Waals surface area contributed by atoms with Gasteiger partial charge in [0.2, 0.25) is 5.91 Å². The molecule has 0 saturated heterocycles. The zero-order chi connectivity index (χ0) is 16.5. The van der Waals surface area contributed by atoms with Crippen LogP contribution < -0.4 is 5.32 Å². The van der Waals surface area contributed by atoms with E-state index >= 15 is 0 Å². The highest BCUT2D eigenvalue weighted by Crippen LogP contribution is 2.30. The number of furan rings is 1. The van der Waals surface area contributed by atoms with E-state index in [1.807, 2.05) is 30.5 Å². The van der Waals surface area contributed by atoms with Gasteiger partial charge in [-0.05, 0) is 67.0 Å². The van der Waals surface area contributed by atoms with Crippen molar-refractivity contribution in [3.8, 4) is 0 Å². The van der Waals surface area contributed by atoms with E-state index in [1.165, 1.54) is 17.5 Å². The van der Waals surface area contributed by atoms with Gasteiger partial charge in [0.1, 0.15) is 5.58 Å². The second kappa shape index (κ2) is 6.36. The van der Waals surface area contributed by atoms with E-state index in [0.717, 1.165) is 40.0 Å². The van der Waals surface area contributed by atoms with Crippen molar-refractivity contribution in [3.05, 3.63) is 59.4 Å². The van der Waals surface area contributed by atoms with Crippen molar-refractivity contribution in [2.75, 3.05) is 11.6 Å². The summed E-state index contributed by atoms with van der Waals surface area (Å²) in [5.74, 6) is -0.0172. The van der Waals surface area contributed by atoms with Crippen molar-refractivity contribution >= 4 is 34.3 Å². The normalized spacial score (nSPS) is 13.2. The average molecular weight is 337 g/mol. The van der Waals surface area contributed by atoms with Crippen molar-refractivity contribution in [3.63, 3.8) is 0 Å². The summed E-state index contributed by atoms with van der Waals surface area (Å²) >= 11 is 1.66. The maximum atomic E-state index is 12.4. The molecule has 3 aromatic rings. The Balaban J connectivity index is 1.54. The Kier molecular flexibility index (Phi) is 4.07. The van der Waals surface area contributed by atoms with E-state index in [4.69, 9.17) is 4.42 Å². The van der Waals surface area contributed by atoms with Crippen LogP contribution in [0.2, 0.25) is 0 Å². The molecule has 4 rings (SSSR count). The Bertz CT molecular complexity index is 913. The van der Waals surface area contributed by atoms with Crippen LogP contribution in [0.5, 0.6) is 0 Å². The number of thioether (sulfide) groups is 1. The number of anilines is 1. The molecule has 24 heavy (non-hydrogen) atoms. The molecule has 0 unspecified atom stereocenters. The number of carbonyl (C=O) groups is 1. The smallest absolute Gasteiger partial charge is 0.228 e. The highest BCUT2D eigenvalue weighted by Gasteiger charge is 2.16. The van der Waals surface area contributed by atoms with Crippen molar-refractivity contribution in [2.45, 2.75) is 30.6 Å². The fourth-order valence-electron chi connectivity index (χ4n) is 3.36. The lowest BCUT2D eigenvalue weighted by atomic mass is 10.0. The van der Waals surface area contributed by atoms with E-state index in [-0.39, 0.29) is 5.91 Å². The zero-order valence-electron chi connectivity index (χ0n) is 13.6. The van der Waals surface area contributed by atoms with Gasteiger partial charge in [0.15, 0.2) is 0 Å². The van der Waals surface area contributed by atoms with Crippen LogP contribution in [-0.2, 0) is 24.1 Å². The summed E-state index contributed by atoms with van der Waals surface area (Å²) in [6, 6.07) is 12.2. The number of hydrogen-bond acceptors (Lipinski definition) is 3. The Morgan fingerprint density at radius 2 is 2.04 bits per heavy atom. The number of amides is 1. The van der Waals surface area contributed by atoms with Gasteiger partial charge in [0, 0.05) is 21.5 Å². The number of benzene rings is 2. The maximum Gasteiger partial charge on any atom is 0.228 e. The molecule has 3 nitrogen and oxygen atoms in total. The number of carbonyl (C=O) groups excluding carboxylic acids is 1. The molecule has 1 heterocycles. The fourth-order valence-corrected chi connectivity index (χ4v) is 3.82. The van der Waals surface area contributed by atoms with Crippen molar-refractivity contribution in [2.24, 2.45) is 0 Å². The third-order valence-corrected chi connectivity index (χ3v) is 5.30. The van der Waals surface area contributed by atoms with Gasteiger partial charge >= 0.3 is 0 Å². The summed E-state index contributed by atoms with van der Waals surface area (Å²) in [6.45, 7) is 0. The minimum Gasteiger partial charge on any atom is -0.464 e. The summed E-state index contributed by atoms with van der Waals surface area (Å²) in [5.41, 5.74) is 5.47. The van der Waals surface area contributed by atoms with Gasteiger partial charge in [-0.2, -0.15) is 0 Å². The van der Waals surface area contributed by atoms with Gasteiger partial charge < -0.3 is 9.73 Å². The molecule has 0 bridgehead atoms. The number of rotatable bonds is 4. The van der Waals surface area contributed by atoms with E-state index in [1.54, 1.807) is 18.0 Å². The number of hydrogen-bond donors (Lipinski definition) is 1. The van der Waals surface area contributed by atoms with Crippen LogP contribution in [0.3, 0.4) is 0 Å². The lowest BCUT2D eigenvalue weighted by Crippen LogP contribution is -2.14. The molecule has 0 radical (unpaired) electrons. The fraction of sp³-hybridized carbons (Fsp3) is 0.250. The third kappa shape index (κ3) is 2.94. The number of aryl methyl sites for hydroxylation is 2. The van der Waals surface area contributed by atoms with Crippen LogP contribution in [0, 0.1) is 0 Å². The molecule has 0 spiro atoms. The van der Waals surface area contributed by atoms with Crippen LogP contribution in [0.25, 0.3) is 11.0 Å². The summed E-state index contributed by atoms with van der Waals surface area (Å²) < 4.78 is 5.68. The Morgan fingerprint density at radius 1 is 1.21 bits per heavy atom. The maximum absolute atomic E-state index is 12.4. The molecule has 0 saturated carbocycles. The largest absolute Gasteiger partial charge is 0.464 e. The van der Waals surface area contributed by atoms with E-state index in [9.17, 15) is 4.79 Å². The monoisotopic (exact) mass is 337 g/mol. The molecule has 0 fully saturated rings. The Labute approximate surface area is 145 Å². The molecule has 4 heteroatoms. The molecule has 1 aromatic heterocycles. The first kappa shape index (κ1) is 15.3. The SMILES string of the molecule is CSc1cccc(NC(=O)Cc2coc3cc4c(cc23)CCC4)c1. The quantitative estimate of drug-likeness (QED) is 0.694. The molecule has 1 aliphatic rings. The molecule has 1 amide bonds. The van der Waals surface area contributed by atoms with Crippen LogP contribution in [0.1, 0.15) is 23.1 Å². The van der Waals surface area contributed by atoms with E-state index in [0.29, 0.717) is 6.42 Å². The molecule has 2 aromatic carbocycles. The first-order valence-corrected chi connectivity index (χ1v) is 9.41. The van der Waals surface area contributed by atoms with E-state index < -0.39 is 0 Å². The lowest BCUT2D eigenvalue weighted by molar-refractivity contribution is -0.115. The van der Waals surface area contributed by atoms with Gasteiger partial charge in [0.25, 0.3) is 0 Å². The van der Waals surface area contributed by atoms with Crippen LogP contribution in [0.4, 0.5) is 5.69 Å². The zero-order valence-corrected chi connectivity index (χ0v) is 14.4. The van der Waals surface area contributed by atoms with Crippen molar-refractivity contribution in [1.29, 1.82) is 0 Å². The number of nitrogens with one attached hydrogen (secondary N) is 1. The predicted octanol–water partition coefficient (Wildman–Crippen LogP) is 4.82. The van der Waals surface area contributed by atoms with Gasteiger partial charge in [-0.25, -0.2) is 0 Å². The lowest BCUT2D eigenvalue weighted by Gasteiger charge is -2.06. The Hall–Kier alpha value is -2.20. The highest BCUT2D eigenvalue weighted by atomic mass is 32.2. The van der Waals surface area contributed by atoms with Crippen LogP contribution >= 0.6 is 11.8 Å². The molecular formula is C20H19NO2S. The molecule has 1 N–H and O–H groups in total. The molecule has 0 atom stereocenters. The van der Waals surface area contributed by atoms with Gasteiger partial charge in [-0.1, -0.05) is 6.07 Å². The topological polar surface area (TPSA) is 42.2 Å².